The number of hydrogen-bond donors (Lipinski definition) is 0. The number of carbonyl (C=O) groups excluding carboxylic acids is 1. The van der Waals surface area contributed by atoms with Gasteiger partial charge in [0.1, 0.15) is 11.4 Å². The van der Waals surface area contributed by atoms with Crippen LogP contribution in [0.4, 0.5) is 9.18 Å². The summed E-state index contributed by atoms with van der Waals surface area (Å²) in [5.74, 6) is -0.463. The lowest BCUT2D eigenvalue weighted by Crippen LogP contribution is -2.27. The number of rotatable bonds is 1. The molecule has 0 fully saturated rings. The number of carbonyl (C=O) groups is 1. The van der Waals surface area contributed by atoms with Crippen LogP contribution in [0, 0.1) is 5.82 Å². The Hall–Kier alpha value is -1.33. The molecule has 0 aliphatic rings. The van der Waals surface area contributed by atoms with E-state index in [2.05, 4.69) is 15.9 Å². The Labute approximate surface area is 135 Å². The van der Waals surface area contributed by atoms with E-state index in [1.54, 1.807) is 26.8 Å². The number of benzene rings is 1. The molecule has 0 N–H and O–H groups in total. The molecule has 0 radical (unpaired) electrons. The van der Waals surface area contributed by atoms with Gasteiger partial charge in [0.15, 0.2) is 0 Å². The molecule has 0 saturated carbocycles. The number of halogens is 3. The molecule has 0 amide bonds. The first-order chi connectivity index (χ1) is 9.67. The molecule has 0 unspecified atom stereocenters. The molecule has 0 aliphatic heterocycles. The molecule has 112 valence electrons. The molecule has 3 nitrogen and oxygen atoms in total. The summed E-state index contributed by atoms with van der Waals surface area (Å²) in [4.78, 5) is 12.2. The second kappa shape index (κ2) is 5.81. The van der Waals surface area contributed by atoms with Gasteiger partial charge in [-0.05, 0) is 61.0 Å². The predicted octanol–water partition coefficient (Wildman–Crippen LogP) is 5.49. The van der Waals surface area contributed by atoms with Gasteiger partial charge >= 0.3 is 6.09 Å². The molecule has 1 aromatic heterocycles. The van der Waals surface area contributed by atoms with Gasteiger partial charge in [0.2, 0.25) is 0 Å². The Morgan fingerprint density at radius 2 is 2.00 bits per heavy atom. The molecule has 2 rings (SSSR count). The monoisotopic (exact) mass is 373 g/mol. The third-order valence-corrected chi connectivity index (χ3v) is 3.25. The number of ether oxygens (including phenoxy) is 1. The van der Waals surface area contributed by atoms with Gasteiger partial charge in [-0.15, -0.1) is 0 Å². The van der Waals surface area contributed by atoms with Crippen molar-refractivity contribution < 1.29 is 13.9 Å². The molecule has 0 saturated heterocycles. The van der Waals surface area contributed by atoms with Gasteiger partial charge in [0, 0.05) is 21.3 Å². The van der Waals surface area contributed by atoms with E-state index in [0.717, 1.165) is 0 Å². The fourth-order valence-electron chi connectivity index (χ4n) is 1.79. The maximum absolute atomic E-state index is 14.0. The minimum atomic E-state index is -0.641. The van der Waals surface area contributed by atoms with E-state index in [0.29, 0.717) is 15.2 Å². The Bertz CT molecular complexity index is 691. The number of aromatic nitrogens is 1. The van der Waals surface area contributed by atoms with Gasteiger partial charge < -0.3 is 4.74 Å². The Morgan fingerprint density at radius 1 is 1.33 bits per heavy atom. The Balaban J connectivity index is 2.51. The van der Waals surface area contributed by atoms with Gasteiger partial charge in [-0.25, -0.2) is 9.18 Å². The molecule has 0 bridgehead atoms. The summed E-state index contributed by atoms with van der Waals surface area (Å²) in [6, 6.07) is 5.83. The van der Waals surface area contributed by atoms with Gasteiger partial charge in [-0.2, -0.15) is 0 Å². The minimum Gasteiger partial charge on any atom is -0.443 e. The Morgan fingerprint density at radius 3 is 2.62 bits per heavy atom. The Kier molecular flexibility index (Phi) is 4.44. The highest BCUT2D eigenvalue weighted by atomic mass is 79.9. The van der Waals surface area contributed by atoms with Crippen LogP contribution >= 0.6 is 27.5 Å². The first kappa shape index (κ1) is 16.0. The first-order valence-electron chi connectivity index (χ1n) is 6.24. The first-order valence-corrected chi connectivity index (χ1v) is 7.41. The smallest absolute Gasteiger partial charge is 0.419 e. The summed E-state index contributed by atoms with van der Waals surface area (Å²) in [5, 5.41) is 0.388. The highest BCUT2D eigenvalue weighted by Gasteiger charge is 2.22. The van der Waals surface area contributed by atoms with Crippen molar-refractivity contribution in [2.45, 2.75) is 26.4 Å². The molecular weight excluding hydrogens is 361 g/mol. The van der Waals surface area contributed by atoms with E-state index < -0.39 is 17.5 Å². The molecule has 2 aromatic rings. The van der Waals surface area contributed by atoms with Crippen molar-refractivity contribution in [2.75, 3.05) is 0 Å². The molecular formula is C15H14BrClFNO2. The number of hydrogen-bond acceptors (Lipinski definition) is 2. The third-order valence-electron chi connectivity index (χ3n) is 2.58. The van der Waals surface area contributed by atoms with Crippen LogP contribution in [0.5, 0.6) is 0 Å². The van der Waals surface area contributed by atoms with Crippen LogP contribution in [-0.2, 0) is 4.74 Å². The number of nitrogens with zero attached hydrogens (tertiary/aromatic N) is 1. The van der Waals surface area contributed by atoms with Crippen molar-refractivity contribution in [2.24, 2.45) is 0 Å². The second-order valence-corrected chi connectivity index (χ2v) is 6.87. The summed E-state index contributed by atoms with van der Waals surface area (Å²) < 4.78 is 21.2. The molecule has 21 heavy (non-hydrogen) atoms. The molecule has 6 heteroatoms. The van der Waals surface area contributed by atoms with E-state index in [1.807, 2.05) is 0 Å². The fraction of sp³-hybridized carbons (Fsp3) is 0.267. The summed E-state index contributed by atoms with van der Waals surface area (Å²) in [7, 11) is 0. The third kappa shape index (κ3) is 3.86. The maximum atomic E-state index is 14.0. The van der Waals surface area contributed by atoms with Crippen molar-refractivity contribution in [3.63, 3.8) is 0 Å². The quantitative estimate of drug-likeness (QED) is 0.660. The highest BCUT2D eigenvalue weighted by Crippen LogP contribution is 2.30. The normalized spacial score (nSPS) is 11.5. The molecule has 1 heterocycles. The van der Waals surface area contributed by atoms with Gasteiger partial charge in [-0.3, -0.25) is 4.57 Å². The molecule has 0 atom stereocenters. The summed E-state index contributed by atoms with van der Waals surface area (Å²) in [6.07, 6.45) is 0.951. The zero-order valence-electron chi connectivity index (χ0n) is 11.8. The van der Waals surface area contributed by atoms with Crippen molar-refractivity contribution in [1.82, 2.24) is 4.57 Å². The SMILES string of the molecule is CC(C)(C)OC(=O)n1cc(Br)cc1-c1cc(Cl)ccc1F. The van der Waals surface area contributed by atoms with Crippen molar-refractivity contribution in [3.05, 3.63) is 45.8 Å². The van der Waals surface area contributed by atoms with E-state index in [1.165, 1.54) is 29.0 Å². The minimum absolute atomic E-state index is 0.235. The maximum Gasteiger partial charge on any atom is 0.419 e. The summed E-state index contributed by atoms with van der Waals surface area (Å²) in [6.45, 7) is 5.30. The van der Waals surface area contributed by atoms with Crippen molar-refractivity contribution in [3.8, 4) is 11.3 Å². The van der Waals surface area contributed by atoms with Gasteiger partial charge in [0.25, 0.3) is 0 Å². The van der Waals surface area contributed by atoms with E-state index in [4.69, 9.17) is 16.3 Å². The fourth-order valence-corrected chi connectivity index (χ4v) is 2.39. The lowest BCUT2D eigenvalue weighted by molar-refractivity contribution is 0.0540. The van der Waals surface area contributed by atoms with Crippen molar-refractivity contribution >= 4 is 33.6 Å². The molecule has 0 aliphatic carbocycles. The average Bonchev–Trinajstić information content (AvgIpc) is 2.72. The van der Waals surface area contributed by atoms with Crippen LogP contribution in [0.2, 0.25) is 5.02 Å². The van der Waals surface area contributed by atoms with Crippen LogP contribution in [0.1, 0.15) is 20.8 Å². The lowest BCUT2D eigenvalue weighted by atomic mass is 10.1. The van der Waals surface area contributed by atoms with Crippen molar-refractivity contribution in [1.29, 1.82) is 0 Å². The van der Waals surface area contributed by atoms with E-state index >= 15 is 0 Å². The summed E-state index contributed by atoms with van der Waals surface area (Å²) >= 11 is 9.20. The zero-order valence-corrected chi connectivity index (χ0v) is 14.1. The molecule has 0 spiro atoms. The second-order valence-electron chi connectivity index (χ2n) is 5.52. The zero-order chi connectivity index (χ0) is 15.8. The largest absolute Gasteiger partial charge is 0.443 e. The van der Waals surface area contributed by atoms with Crippen LogP contribution in [-0.4, -0.2) is 16.3 Å². The van der Waals surface area contributed by atoms with Gasteiger partial charge in [0.05, 0.1) is 5.69 Å². The topological polar surface area (TPSA) is 31.2 Å². The van der Waals surface area contributed by atoms with Crippen LogP contribution in [0.3, 0.4) is 0 Å². The van der Waals surface area contributed by atoms with E-state index in [-0.39, 0.29) is 5.56 Å². The summed E-state index contributed by atoms with van der Waals surface area (Å²) in [5.41, 5.74) is -0.0342. The average molecular weight is 375 g/mol. The predicted molar refractivity (Wildman–Crippen MR) is 84.2 cm³/mol. The molecule has 1 aromatic carbocycles. The lowest BCUT2D eigenvalue weighted by Gasteiger charge is -2.20. The highest BCUT2D eigenvalue weighted by molar-refractivity contribution is 9.10. The van der Waals surface area contributed by atoms with Crippen LogP contribution in [0.15, 0.2) is 34.9 Å². The van der Waals surface area contributed by atoms with Gasteiger partial charge in [-0.1, -0.05) is 11.6 Å². The van der Waals surface area contributed by atoms with E-state index in [9.17, 15) is 9.18 Å². The standard InChI is InChI=1S/C15H14BrClFNO2/c1-15(2,3)21-14(20)19-8-9(16)6-13(19)11-7-10(17)4-5-12(11)18/h4-8H,1-3H3. The van der Waals surface area contributed by atoms with Crippen LogP contribution < -0.4 is 0 Å². The van der Waals surface area contributed by atoms with Crippen LogP contribution in [0.25, 0.3) is 11.3 Å².